The van der Waals surface area contributed by atoms with Gasteiger partial charge in [0, 0.05) is 6.54 Å². The van der Waals surface area contributed by atoms with Gasteiger partial charge in [0.1, 0.15) is 0 Å². The number of rotatable bonds is 3. The Bertz CT molecular complexity index is 197. The SMILES string of the molecule is CC(C)CN1CCC2(CC1)CC(CN)C2. The molecule has 1 aliphatic heterocycles. The average molecular weight is 210 g/mol. The highest BCUT2D eigenvalue weighted by Crippen LogP contribution is 2.52. The first-order chi connectivity index (χ1) is 7.13. The van der Waals surface area contributed by atoms with Gasteiger partial charge < -0.3 is 10.6 Å². The molecule has 1 saturated heterocycles. The van der Waals surface area contributed by atoms with Crippen LogP contribution in [-0.4, -0.2) is 31.1 Å². The van der Waals surface area contributed by atoms with Crippen LogP contribution in [0, 0.1) is 17.3 Å². The molecule has 2 fully saturated rings. The standard InChI is InChI=1S/C13H26N2/c1-11(2)10-15-5-3-13(4-6-15)7-12(8-13)9-14/h11-12H,3-10,14H2,1-2H3. The zero-order valence-electron chi connectivity index (χ0n) is 10.3. The monoisotopic (exact) mass is 210 g/mol. The molecule has 0 unspecified atom stereocenters. The maximum atomic E-state index is 5.71. The third-order valence-corrected chi connectivity index (χ3v) is 4.32. The summed E-state index contributed by atoms with van der Waals surface area (Å²) < 4.78 is 0. The summed E-state index contributed by atoms with van der Waals surface area (Å²) in [6, 6.07) is 0. The number of hydrogen-bond acceptors (Lipinski definition) is 2. The smallest absolute Gasteiger partial charge is 0.000439 e. The first kappa shape index (κ1) is 11.4. The van der Waals surface area contributed by atoms with Crippen molar-refractivity contribution in [2.45, 2.75) is 39.5 Å². The van der Waals surface area contributed by atoms with Crippen LogP contribution in [-0.2, 0) is 0 Å². The molecule has 0 amide bonds. The highest BCUT2D eigenvalue weighted by molar-refractivity contribution is 4.97. The predicted octanol–water partition coefficient (Wildman–Crippen LogP) is 2.09. The van der Waals surface area contributed by atoms with Gasteiger partial charge in [-0.2, -0.15) is 0 Å². The largest absolute Gasteiger partial charge is 0.330 e. The summed E-state index contributed by atoms with van der Waals surface area (Å²) in [7, 11) is 0. The zero-order chi connectivity index (χ0) is 10.9. The van der Waals surface area contributed by atoms with E-state index in [9.17, 15) is 0 Å². The van der Waals surface area contributed by atoms with Gasteiger partial charge >= 0.3 is 0 Å². The van der Waals surface area contributed by atoms with E-state index in [1.165, 1.54) is 45.3 Å². The normalized spacial score (nSPS) is 27.2. The molecule has 0 radical (unpaired) electrons. The van der Waals surface area contributed by atoms with Gasteiger partial charge in [0.05, 0.1) is 0 Å². The van der Waals surface area contributed by atoms with Gasteiger partial charge in [-0.3, -0.25) is 0 Å². The molecule has 0 aromatic heterocycles. The van der Waals surface area contributed by atoms with Crippen molar-refractivity contribution in [1.82, 2.24) is 4.90 Å². The molecule has 1 spiro atoms. The summed E-state index contributed by atoms with van der Waals surface area (Å²) in [6.45, 7) is 9.50. The molecule has 2 heteroatoms. The maximum absolute atomic E-state index is 5.71. The Kier molecular flexibility index (Phi) is 3.36. The van der Waals surface area contributed by atoms with Crippen LogP contribution in [0.4, 0.5) is 0 Å². The topological polar surface area (TPSA) is 29.3 Å². The molecule has 2 aliphatic rings. The molecule has 2 nitrogen and oxygen atoms in total. The highest BCUT2D eigenvalue weighted by Gasteiger charge is 2.44. The van der Waals surface area contributed by atoms with Crippen LogP contribution in [0.5, 0.6) is 0 Å². The van der Waals surface area contributed by atoms with Crippen LogP contribution in [0.3, 0.4) is 0 Å². The van der Waals surface area contributed by atoms with E-state index in [-0.39, 0.29) is 0 Å². The Morgan fingerprint density at radius 2 is 1.87 bits per heavy atom. The average Bonchev–Trinajstić information content (AvgIpc) is 2.15. The molecule has 1 aliphatic carbocycles. The van der Waals surface area contributed by atoms with Gasteiger partial charge in [0.25, 0.3) is 0 Å². The zero-order valence-corrected chi connectivity index (χ0v) is 10.3. The van der Waals surface area contributed by atoms with E-state index in [0.717, 1.165) is 23.8 Å². The summed E-state index contributed by atoms with van der Waals surface area (Å²) in [5.74, 6) is 1.67. The van der Waals surface area contributed by atoms with Crippen LogP contribution >= 0.6 is 0 Å². The van der Waals surface area contributed by atoms with Crippen molar-refractivity contribution >= 4 is 0 Å². The Balaban J connectivity index is 1.73. The van der Waals surface area contributed by atoms with Crippen molar-refractivity contribution < 1.29 is 0 Å². The lowest BCUT2D eigenvalue weighted by Gasteiger charge is -2.52. The van der Waals surface area contributed by atoms with Crippen molar-refractivity contribution in [2.75, 3.05) is 26.2 Å². The van der Waals surface area contributed by atoms with Gasteiger partial charge in [-0.1, -0.05) is 13.8 Å². The fraction of sp³-hybridized carbons (Fsp3) is 1.00. The molecule has 0 aromatic rings. The van der Waals surface area contributed by atoms with Gasteiger partial charge in [-0.25, -0.2) is 0 Å². The molecule has 2 rings (SSSR count). The Morgan fingerprint density at radius 1 is 1.27 bits per heavy atom. The fourth-order valence-corrected chi connectivity index (χ4v) is 3.47. The summed E-state index contributed by atoms with van der Waals surface area (Å²) in [5, 5.41) is 0. The van der Waals surface area contributed by atoms with E-state index in [1.54, 1.807) is 0 Å². The maximum Gasteiger partial charge on any atom is 0.000439 e. The molecule has 0 aromatic carbocycles. The summed E-state index contributed by atoms with van der Waals surface area (Å²) in [6.07, 6.45) is 5.68. The second-order valence-electron chi connectivity index (χ2n) is 6.20. The minimum Gasteiger partial charge on any atom is -0.330 e. The van der Waals surface area contributed by atoms with E-state index in [4.69, 9.17) is 5.73 Å². The summed E-state index contributed by atoms with van der Waals surface area (Å²) in [5.41, 5.74) is 6.43. The van der Waals surface area contributed by atoms with Crippen LogP contribution in [0.15, 0.2) is 0 Å². The first-order valence-corrected chi connectivity index (χ1v) is 6.56. The van der Waals surface area contributed by atoms with Crippen molar-refractivity contribution in [1.29, 1.82) is 0 Å². The third-order valence-electron chi connectivity index (χ3n) is 4.32. The third kappa shape index (κ3) is 2.54. The number of hydrogen-bond donors (Lipinski definition) is 1. The van der Waals surface area contributed by atoms with Crippen molar-refractivity contribution in [2.24, 2.45) is 23.0 Å². The quantitative estimate of drug-likeness (QED) is 0.773. The van der Waals surface area contributed by atoms with Crippen molar-refractivity contribution in [3.05, 3.63) is 0 Å². The lowest BCUT2D eigenvalue weighted by atomic mass is 9.57. The molecule has 1 heterocycles. The second kappa shape index (κ2) is 4.42. The fourth-order valence-electron chi connectivity index (χ4n) is 3.47. The molecule has 0 bridgehead atoms. The molecule has 0 atom stereocenters. The Morgan fingerprint density at radius 3 is 2.33 bits per heavy atom. The molecular weight excluding hydrogens is 184 g/mol. The lowest BCUT2D eigenvalue weighted by Crippen LogP contribution is -2.49. The molecule has 2 N–H and O–H groups in total. The van der Waals surface area contributed by atoms with Gasteiger partial charge in [-0.15, -0.1) is 0 Å². The summed E-state index contributed by atoms with van der Waals surface area (Å²) >= 11 is 0. The van der Waals surface area contributed by atoms with Gasteiger partial charge in [-0.05, 0) is 62.6 Å². The van der Waals surface area contributed by atoms with Gasteiger partial charge in [0.2, 0.25) is 0 Å². The van der Waals surface area contributed by atoms with Gasteiger partial charge in [0.15, 0.2) is 0 Å². The van der Waals surface area contributed by atoms with E-state index < -0.39 is 0 Å². The molecule has 1 saturated carbocycles. The van der Waals surface area contributed by atoms with Crippen LogP contribution in [0.25, 0.3) is 0 Å². The minimum atomic E-state index is 0.720. The van der Waals surface area contributed by atoms with Crippen LogP contribution < -0.4 is 5.73 Å². The summed E-state index contributed by atoms with van der Waals surface area (Å²) in [4.78, 5) is 2.64. The number of likely N-dealkylation sites (tertiary alicyclic amines) is 1. The second-order valence-corrected chi connectivity index (χ2v) is 6.20. The highest BCUT2D eigenvalue weighted by atomic mass is 15.1. The number of piperidine rings is 1. The Hall–Kier alpha value is -0.0800. The number of nitrogens with two attached hydrogens (primary N) is 1. The minimum absolute atomic E-state index is 0.720. The van der Waals surface area contributed by atoms with Crippen molar-refractivity contribution in [3.8, 4) is 0 Å². The van der Waals surface area contributed by atoms with Crippen LogP contribution in [0.1, 0.15) is 39.5 Å². The molecule has 88 valence electrons. The van der Waals surface area contributed by atoms with E-state index >= 15 is 0 Å². The van der Waals surface area contributed by atoms with Crippen LogP contribution in [0.2, 0.25) is 0 Å². The predicted molar refractivity (Wildman–Crippen MR) is 64.7 cm³/mol. The lowest BCUT2D eigenvalue weighted by molar-refractivity contribution is -0.0118. The van der Waals surface area contributed by atoms with E-state index in [1.807, 2.05) is 0 Å². The number of nitrogens with zero attached hydrogens (tertiary/aromatic N) is 1. The van der Waals surface area contributed by atoms with E-state index in [0.29, 0.717) is 0 Å². The van der Waals surface area contributed by atoms with E-state index in [2.05, 4.69) is 18.7 Å². The first-order valence-electron chi connectivity index (χ1n) is 6.56. The van der Waals surface area contributed by atoms with Crippen molar-refractivity contribution in [3.63, 3.8) is 0 Å². The Labute approximate surface area is 94.2 Å². The molecule has 15 heavy (non-hydrogen) atoms. The molecular formula is C13H26N2.